The molecule has 0 saturated heterocycles. The van der Waals surface area contributed by atoms with Crippen molar-refractivity contribution in [3.63, 3.8) is 0 Å². The lowest BCUT2D eigenvalue weighted by molar-refractivity contribution is -0.120. The SMILES string of the molecule is Cc1cc(S(=O)(=O)N(C)CC(=O)NC2=CC(O)N(C)C=C2)c2n[nH]c(Cl)c2c1. The van der Waals surface area contributed by atoms with Gasteiger partial charge in [0.25, 0.3) is 0 Å². The number of aliphatic hydroxyl groups excluding tert-OH is 1. The highest BCUT2D eigenvalue weighted by atomic mass is 35.5. The van der Waals surface area contributed by atoms with Crippen molar-refractivity contribution in [2.45, 2.75) is 18.0 Å². The molecule has 1 aliphatic rings. The highest BCUT2D eigenvalue weighted by molar-refractivity contribution is 7.89. The highest BCUT2D eigenvalue weighted by Gasteiger charge is 2.27. The van der Waals surface area contributed by atoms with Crippen molar-refractivity contribution in [1.82, 2.24) is 24.7 Å². The van der Waals surface area contributed by atoms with Gasteiger partial charge in [0, 0.05) is 31.4 Å². The van der Waals surface area contributed by atoms with E-state index in [1.165, 1.54) is 19.2 Å². The number of aromatic amines is 1. The highest BCUT2D eigenvalue weighted by Crippen LogP contribution is 2.29. The number of nitrogens with zero attached hydrogens (tertiary/aromatic N) is 3. The molecule has 0 saturated carbocycles. The Labute approximate surface area is 167 Å². The molecule has 2 aromatic rings. The van der Waals surface area contributed by atoms with Crippen molar-refractivity contribution in [2.75, 3.05) is 20.6 Å². The van der Waals surface area contributed by atoms with Gasteiger partial charge in [-0.25, -0.2) is 8.42 Å². The Balaban J connectivity index is 1.81. The van der Waals surface area contributed by atoms with Crippen molar-refractivity contribution < 1.29 is 18.3 Å². The molecule has 9 nitrogen and oxygen atoms in total. The van der Waals surface area contributed by atoms with Crippen LogP contribution in [0.15, 0.2) is 41.1 Å². The van der Waals surface area contributed by atoms with Crippen LogP contribution in [0.25, 0.3) is 10.9 Å². The van der Waals surface area contributed by atoms with E-state index >= 15 is 0 Å². The standard InChI is InChI=1S/C17H20ClN5O4S/c1-10-6-12-16(20-21-17(12)18)13(7-10)28(26,27)23(3)9-14(24)19-11-4-5-22(2)15(25)8-11/h4-8,15,25H,9H2,1-3H3,(H,19,24)(H,20,21). The first kappa shape index (κ1) is 20.3. The van der Waals surface area contributed by atoms with Gasteiger partial charge in [0.15, 0.2) is 0 Å². The van der Waals surface area contributed by atoms with Gasteiger partial charge in [0.05, 0.1) is 6.54 Å². The number of halogens is 1. The fraction of sp³-hybridized carbons (Fsp3) is 0.294. The molecule has 150 valence electrons. The van der Waals surface area contributed by atoms with Crippen LogP contribution in [0.2, 0.25) is 5.15 Å². The van der Waals surface area contributed by atoms with Gasteiger partial charge in [-0.3, -0.25) is 9.89 Å². The minimum Gasteiger partial charge on any atom is -0.370 e. The lowest BCUT2D eigenvalue weighted by atomic mass is 10.2. The number of carbonyl (C=O) groups excluding carboxylic acids is 1. The van der Waals surface area contributed by atoms with Crippen LogP contribution < -0.4 is 5.32 Å². The first-order chi connectivity index (χ1) is 13.1. The zero-order chi connectivity index (χ0) is 20.6. The van der Waals surface area contributed by atoms with Crippen molar-refractivity contribution >= 4 is 38.4 Å². The molecule has 1 unspecified atom stereocenters. The number of fused-ring (bicyclic) bond motifs is 1. The van der Waals surface area contributed by atoms with E-state index in [1.807, 2.05) is 0 Å². The monoisotopic (exact) mass is 425 g/mol. The third-order valence-electron chi connectivity index (χ3n) is 4.30. The number of aryl methyl sites for hydroxylation is 1. The predicted molar refractivity (Wildman–Crippen MR) is 105 cm³/mol. The molecule has 0 bridgehead atoms. The van der Waals surface area contributed by atoms with Crippen LogP contribution in [-0.2, 0) is 14.8 Å². The lowest BCUT2D eigenvalue weighted by Gasteiger charge is -2.24. The van der Waals surface area contributed by atoms with Crippen molar-refractivity contribution in [3.05, 3.63) is 46.9 Å². The molecule has 0 aliphatic carbocycles. The summed E-state index contributed by atoms with van der Waals surface area (Å²) >= 11 is 6.03. The zero-order valence-corrected chi connectivity index (χ0v) is 17.0. The first-order valence-corrected chi connectivity index (χ1v) is 10.1. The van der Waals surface area contributed by atoms with E-state index in [-0.39, 0.29) is 15.6 Å². The number of hydrogen-bond donors (Lipinski definition) is 3. The molecule has 1 aliphatic heterocycles. The maximum atomic E-state index is 13.0. The van der Waals surface area contributed by atoms with Gasteiger partial charge in [0.2, 0.25) is 15.9 Å². The number of nitrogens with one attached hydrogen (secondary N) is 2. The smallest absolute Gasteiger partial charge is 0.245 e. The average molecular weight is 426 g/mol. The van der Waals surface area contributed by atoms with Crippen molar-refractivity contribution in [1.29, 1.82) is 0 Å². The van der Waals surface area contributed by atoms with Gasteiger partial charge in [-0.1, -0.05) is 11.6 Å². The van der Waals surface area contributed by atoms with Crippen molar-refractivity contribution in [3.8, 4) is 0 Å². The number of aliphatic hydroxyl groups is 1. The van der Waals surface area contributed by atoms with Gasteiger partial charge < -0.3 is 15.3 Å². The Bertz CT molecular complexity index is 1090. The number of allylic oxidation sites excluding steroid dienone is 1. The molecular weight excluding hydrogens is 406 g/mol. The summed E-state index contributed by atoms with van der Waals surface area (Å²) in [7, 11) is -1.00. The quantitative estimate of drug-likeness (QED) is 0.655. The number of hydrogen-bond acceptors (Lipinski definition) is 6. The third kappa shape index (κ3) is 3.90. The van der Waals surface area contributed by atoms with Crippen molar-refractivity contribution in [2.24, 2.45) is 0 Å². The molecule has 1 aromatic carbocycles. The summed E-state index contributed by atoms with van der Waals surface area (Å²) in [6.45, 7) is 1.34. The van der Waals surface area contributed by atoms with Crippen LogP contribution in [0.5, 0.6) is 0 Å². The van der Waals surface area contributed by atoms with E-state index in [4.69, 9.17) is 11.6 Å². The molecule has 11 heteroatoms. The maximum absolute atomic E-state index is 13.0. The van der Waals surface area contributed by atoms with Crippen LogP contribution in [0.4, 0.5) is 0 Å². The van der Waals surface area contributed by atoms with Crippen LogP contribution in [-0.4, -0.2) is 65.7 Å². The number of amides is 1. The van der Waals surface area contributed by atoms with E-state index < -0.39 is 28.7 Å². The molecule has 0 radical (unpaired) electrons. The van der Waals surface area contributed by atoms with E-state index in [0.717, 1.165) is 4.31 Å². The summed E-state index contributed by atoms with van der Waals surface area (Å²) in [5, 5.41) is 19.6. The maximum Gasteiger partial charge on any atom is 0.245 e. The molecule has 1 amide bonds. The number of benzene rings is 1. The summed E-state index contributed by atoms with van der Waals surface area (Å²) in [5.41, 5.74) is 1.30. The predicted octanol–water partition coefficient (Wildman–Crippen LogP) is 0.923. The number of H-pyrrole nitrogens is 1. The number of rotatable bonds is 5. The number of carbonyl (C=O) groups is 1. The van der Waals surface area contributed by atoms with Crippen LogP contribution >= 0.6 is 11.6 Å². The van der Waals surface area contributed by atoms with Gasteiger partial charge in [-0.05, 0) is 36.8 Å². The fourth-order valence-corrected chi connectivity index (χ4v) is 4.29. The Morgan fingerprint density at radius 2 is 2.18 bits per heavy atom. The summed E-state index contributed by atoms with van der Waals surface area (Å²) in [4.78, 5) is 13.8. The minimum absolute atomic E-state index is 0.0326. The number of likely N-dealkylation sites (N-methyl/N-ethyl adjacent to an activating group) is 2. The molecule has 0 spiro atoms. The second-order valence-electron chi connectivity index (χ2n) is 6.52. The van der Waals surface area contributed by atoms with Gasteiger partial charge in [-0.2, -0.15) is 9.40 Å². The molecule has 0 fully saturated rings. The zero-order valence-electron chi connectivity index (χ0n) is 15.5. The molecule has 2 heterocycles. The van der Waals surface area contributed by atoms with E-state index in [1.54, 1.807) is 37.2 Å². The van der Waals surface area contributed by atoms with E-state index in [2.05, 4.69) is 15.5 Å². The Hall–Kier alpha value is -2.40. The normalized spacial score (nSPS) is 17.3. The second kappa shape index (κ2) is 7.55. The molecule has 1 atom stereocenters. The topological polar surface area (TPSA) is 119 Å². The van der Waals surface area contributed by atoms with Gasteiger partial charge >= 0.3 is 0 Å². The molecule has 3 N–H and O–H groups in total. The number of sulfonamides is 1. The Morgan fingerprint density at radius 1 is 1.46 bits per heavy atom. The summed E-state index contributed by atoms with van der Waals surface area (Å²) in [5.74, 6) is -0.539. The first-order valence-electron chi connectivity index (χ1n) is 8.30. The van der Waals surface area contributed by atoms with Crippen LogP contribution in [0.3, 0.4) is 0 Å². The lowest BCUT2D eigenvalue weighted by Crippen LogP contribution is -2.39. The fourth-order valence-electron chi connectivity index (χ4n) is 2.75. The number of aromatic nitrogens is 2. The molecule has 1 aromatic heterocycles. The summed E-state index contributed by atoms with van der Waals surface area (Å²) in [6.07, 6.45) is 3.79. The minimum atomic E-state index is -3.99. The Kier molecular flexibility index (Phi) is 5.48. The summed E-state index contributed by atoms with van der Waals surface area (Å²) in [6, 6.07) is 3.22. The van der Waals surface area contributed by atoms with Gasteiger partial charge in [0.1, 0.15) is 21.8 Å². The average Bonchev–Trinajstić information content (AvgIpc) is 2.98. The van der Waals surface area contributed by atoms with Gasteiger partial charge in [-0.15, -0.1) is 0 Å². The largest absolute Gasteiger partial charge is 0.370 e. The molecule has 28 heavy (non-hydrogen) atoms. The molecular formula is C17H20ClN5O4S. The Morgan fingerprint density at radius 3 is 2.86 bits per heavy atom. The van der Waals surface area contributed by atoms with Crippen LogP contribution in [0, 0.1) is 6.92 Å². The second-order valence-corrected chi connectivity index (χ2v) is 8.91. The van der Waals surface area contributed by atoms with E-state index in [0.29, 0.717) is 16.6 Å². The summed E-state index contributed by atoms with van der Waals surface area (Å²) < 4.78 is 26.9. The van der Waals surface area contributed by atoms with Crippen LogP contribution in [0.1, 0.15) is 5.56 Å². The van der Waals surface area contributed by atoms with E-state index in [9.17, 15) is 18.3 Å². The third-order valence-corrected chi connectivity index (χ3v) is 6.40. The molecule has 3 rings (SSSR count).